The molecule has 2 saturated heterocycles. The molecule has 1 N–H and O–H groups in total. The van der Waals surface area contributed by atoms with Crippen LogP contribution in [-0.2, 0) is 11.3 Å². The van der Waals surface area contributed by atoms with Gasteiger partial charge in [0.1, 0.15) is 11.9 Å². The van der Waals surface area contributed by atoms with E-state index in [9.17, 15) is 13.6 Å². The van der Waals surface area contributed by atoms with Gasteiger partial charge in [0.05, 0.1) is 19.0 Å². The summed E-state index contributed by atoms with van der Waals surface area (Å²) in [5, 5.41) is 2.74. The van der Waals surface area contributed by atoms with Gasteiger partial charge in [-0.15, -0.1) is 0 Å². The van der Waals surface area contributed by atoms with Crippen LogP contribution in [0.3, 0.4) is 0 Å². The molecule has 2 aromatic rings. The zero-order valence-electron chi connectivity index (χ0n) is 15.9. The summed E-state index contributed by atoms with van der Waals surface area (Å²) in [5.41, 5.74) is 0.0945. The van der Waals surface area contributed by atoms with Gasteiger partial charge < -0.3 is 14.2 Å². The molecule has 3 heterocycles. The van der Waals surface area contributed by atoms with E-state index in [1.54, 1.807) is 12.5 Å². The number of carbonyl (C=O) groups is 1. The van der Waals surface area contributed by atoms with Crippen molar-refractivity contribution in [3.05, 3.63) is 54.1 Å². The quantitative estimate of drug-likeness (QED) is 0.773. The summed E-state index contributed by atoms with van der Waals surface area (Å²) in [6.07, 6.45) is 7.72. The number of nitrogens with one attached hydrogen (secondary N) is 1. The Kier molecular flexibility index (Phi) is 5.84. The number of amidine groups is 1. The molecule has 2 fully saturated rings. The highest BCUT2D eigenvalue weighted by Gasteiger charge is 2.39. The Balaban J connectivity index is 1.56. The van der Waals surface area contributed by atoms with E-state index in [0.29, 0.717) is 38.5 Å². The van der Waals surface area contributed by atoms with Crippen molar-refractivity contribution in [2.75, 3.05) is 19.7 Å². The maximum Gasteiger partial charge on any atom is 0.323 e. The molecule has 2 aliphatic rings. The van der Waals surface area contributed by atoms with Gasteiger partial charge in [-0.25, -0.2) is 18.6 Å². The van der Waals surface area contributed by atoms with Crippen molar-refractivity contribution in [1.82, 2.24) is 19.8 Å². The molecule has 9 heteroatoms. The van der Waals surface area contributed by atoms with Gasteiger partial charge in [-0.2, -0.15) is 0 Å². The first-order valence-electron chi connectivity index (χ1n) is 9.76. The lowest BCUT2D eigenvalue weighted by atomic mass is 10.0. The number of hydrogen-bond acceptors (Lipinski definition) is 4. The van der Waals surface area contributed by atoms with Crippen LogP contribution in [-0.4, -0.2) is 52.1 Å². The fraction of sp³-hybridized carbons (Fsp3) is 0.450. The average molecular weight is 403 g/mol. The molecule has 0 radical (unpaired) electrons. The van der Waals surface area contributed by atoms with Gasteiger partial charge in [0.2, 0.25) is 0 Å². The maximum absolute atomic E-state index is 14.6. The third-order valence-corrected chi connectivity index (χ3v) is 5.21. The number of aryl methyl sites for hydroxylation is 1. The summed E-state index contributed by atoms with van der Waals surface area (Å²) in [6, 6.07) is 2.85. The van der Waals surface area contributed by atoms with E-state index in [2.05, 4.69) is 15.3 Å². The van der Waals surface area contributed by atoms with Crippen LogP contribution in [0.25, 0.3) is 0 Å². The van der Waals surface area contributed by atoms with Crippen molar-refractivity contribution in [3.8, 4) is 0 Å². The van der Waals surface area contributed by atoms with Crippen molar-refractivity contribution in [2.24, 2.45) is 4.99 Å². The Bertz CT molecular complexity index is 881. The van der Waals surface area contributed by atoms with Crippen molar-refractivity contribution in [2.45, 2.75) is 38.0 Å². The minimum atomic E-state index is -0.960. The smallest absolute Gasteiger partial charge is 0.323 e. The number of hydrogen-bond donors (Lipinski definition) is 1. The fourth-order valence-electron chi connectivity index (χ4n) is 3.75. The minimum absolute atomic E-state index is 0.00676. The molecule has 4 rings (SSSR count). The van der Waals surface area contributed by atoms with E-state index >= 15 is 0 Å². The van der Waals surface area contributed by atoms with Gasteiger partial charge in [-0.1, -0.05) is 12.1 Å². The third-order valence-electron chi connectivity index (χ3n) is 5.21. The molecule has 0 spiro atoms. The highest BCUT2D eigenvalue weighted by Crippen LogP contribution is 2.30. The second-order valence-corrected chi connectivity index (χ2v) is 7.18. The van der Waals surface area contributed by atoms with E-state index in [4.69, 9.17) is 4.74 Å². The predicted molar refractivity (Wildman–Crippen MR) is 102 cm³/mol. The minimum Gasteiger partial charge on any atom is -0.376 e. The molecule has 0 saturated carbocycles. The van der Waals surface area contributed by atoms with Crippen molar-refractivity contribution in [3.63, 3.8) is 0 Å². The fourth-order valence-corrected chi connectivity index (χ4v) is 3.75. The number of nitrogens with zero attached hydrogens (tertiary/aromatic N) is 4. The predicted octanol–water partition coefficient (Wildman–Crippen LogP) is 2.90. The lowest BCUT2D eigenvalue weighted by molar-refractivity contribution is 0.117. The normalized spacial score (nSPS) is 23.2. The second-order valence-electron chi connectivity index (χ2n) is 7.18. The highest BCUT2D eigenvalue weighted by atomic mass is 19.2. The summed E-state index contributed by atoms with van der Waals surface area (Å²) in [4.78, 5) is 22.6. The molecule has 2 atom stereocenters. The average Bonchev–Trinajstić information content (AvgIpc) is 3.46. The summed E-state index contributed by atoms with van der Waals surface area (Å²) in [5.74, 6) is -1.57. The van der Waals surface area contributed by atoms with Crippen LogP contribution in [0.2, 0.25) is 0 Å². The van der Waals surface area contributed by atoms with Crippen LogP contribution in [0.4, 0.5) is 13.6 Å². The number of imidazole rings is 1. The monoisotopic (exact) mass is 403 g/mol. The van der Waals surface area contributed by atoms with Crippen LogP contribution in [0, 0.1) is 11.6 Å². The highest BCUT2D eigenvalue weighted by molar-refractivity contribution is 6.07. The Morgan fingerprint density at radius 2 is 2.21 bits per heavy atom. The Hall–Kier alpha value is -2.81. The van der Waals surface area contributed by atoms with Crippen molar-refractivity contribution < 1.29 is 18.3 Å². The number of aliphatic imine (C=N–C) groups is 1. The van der Waals surface area contributed by atoms with Gasteiger partial charge in [-0.05, 0) is 25.3 Å². The second kappa shape index (κ2) is 8.69. The number of aromatic nitrogens is 2. The molecule has 1 aromatic heterocycles. The molecule has 1 aromatic carbocycles. The first-order chi connectivity index (χ1) is 14.1. The molecule has 0 bridgehead atoms. The first-order valence-corrected chi connectivity index (χ1v) is 9.76. The van der Waals surface area contributed by atoms with Crippen LogP contribution >= 0.6 is 0 Å². The molecule has 2 unspecified atom stereocenters. The Labute approximate surface area is 167 Å². The number of halogens is 2. The zero-order valence-corrected chi connectivity index (χ0v) is 15.9. The van der Waals surface area contributed by atoms with Crippen LogP contribution in [0.1, 0.15) is 30.9 Å². The summed E-state index contributed by atoms with van der Waals surface area (Å²) in [6.45, 7) is 2.10. The summed E-state index contributed by atoms with van der Waals surface area (Å²) < 4.78 is 35.9. The van der Waals surface area contributed by atoms with Gasteiger partial charge >= 0.3 is 6.03 Å². The van der Waals surface area contributed by atoms with E-state index < -0.39 is 17.7 Å². The SMILES string of the molecule is O=C1NC(=NCC2CCCO2)C(c2cccc(F)c2F)N1CCCn1ccnc1. The van der Waals surface area contributed by atoms with E-state index in [1.807, 2.05) is 10.8 Å². The first kappa shape index (κ1) is 19.5. The Morgan fingerprint density at radius 1 is 1.31 bits per heavy atom. The lowest BCUT2D eigenvalue weighted by Gasteiger charge is -2.24. The van der Waals surface area contributed by atoms with Gasteiger partial charge in [-0.3, -0.25) is 10.3 Å². The van der Waals surface area contributed by atoms with E-state index in [0.717, 1.165) is 18.9 Å². The van der Waals surface area contributed by atoms with Crippen LogP contribution < -0.4 is 5.32 Å². The largest absolute Gasteiger partial charge is 0.376 e. The summed E-state index contributed by atoms with van der Waals surface area (Å²) >= 11 is 0. The standard InChI is InChI=1S/C20H23F2N5O2/c21-16-6-1-5-15(17(16)22)18-19(24-12-14-4-2-11-29-14)25-20(28)27(18)9-3-8-26-10-7-23-13-26/h1,5-7,10,13-14,18H,2-4,8-9,11-12H2,(H,24,25,28). The molecule has 0 aliphatic carbocycles. The number of amides is 2. The van der Waals surface area contributed by atoms with Gasteiger partial charge in [0.25, 0.3) is 0 Å². The van der Waals surface area contributed by atoms with Crippen molar-refractivity contribution >= 4 is 11.9 Å². The number of urea groups is 1. The number of benzene rings is 1. The third kappa shape index (κ3) is 4.29. The lowest BCUT2D eigenvalue weighted by Crippen LogP contribution is -2.31. The number of ether oxygens (including phenoxy) is 1. The topological polar surface area (TPSA) is 71.8 Å². The van der Waals surface area contributed by atoms with Crippen LogP contribution in [0.5, 0.6) is 0 Å². The Morgan fingerprint density at radius 3 is 2.97 bits per heavy atom. The van der Waals surface area contributed by atoms with Crippen molar-refractivity contribution in [1.29, 1.82) is 0 Å². The van der Waals surface area contributed by atoms with Gasteiger partial charge in [0.15, 0.2) is 11.6 Å². The molecule has 154 valence electrons. The summed E-state index contributed by atoms with van der Waals surface area (Å²) in [7, 11) is 0. The van der Waals surface area contributed by atoms with E-state index in [1.165, 1.54) is 17.0 Å². The number of rotatable bonds is 7. The van der Waals surface area contributed by atoms with Gasteiger partial charge in [0, 0.05) is 37.7 Å². The van der Waals surface area contributed by atoms with E-state index in [-0.39, 0.29) is 17.7 Å². The molecule has 2 amide bonds. The molecule has 7 nitrogen and oxygen atoms in total. The molecular weight excluding hydrogens is 380 g/mol. The molecular formula is C20H23F2N5O2. The number of carbonyl (C=O) groups excluding carboxylic acids is 1. The zero-order chi connectivity index (χ0) is 20.2. The molecule has 29 heavy (non-hydrogen) atoms. The maximum atomic E-state index is 14.6. The van der Waals surface area contributed by atoms with Crippen LogP contribution in [0.15, 0.2) is 41.9 Å². The molecule has 2 aliphatic heterocycles.